The molecule has 0 aliphatic carbocycles. The third-order valence-electron chi connectivity index (χ3n) is 7.14. The van der Waals surface area contributed by atoms with Crippen molar-refractivity contribution >= 4 is 23.0 Å². The molecule has 3 aromatic heterocycles. The van der Waals surface area contributed by atoms with Gasteiger partial charge in [-0.05, 0) is 55.0 Å². The number of benzene rings is 2. The van der Waals surface area contributed by atoms with Crippen molar-refractivity contribution in [3.05, 3.63) is 105 Å². The highest BCUT2D eigenvalue weighted by molar-refractivity contribution is 5.80. The molecule has 0 N–H and O–H groups in total. The average Bonchev–Trinajstić information content (AvgIpc) is 3.42. The third kappa shape index (κ3) is 6.07. The summed E-state index contributed by atoms with van der Waals surface area (Å²) in [5.74, 6) is 1.23. The number of pyridine rings is 1. The van der Waals surface area contributed by atoms with E-state index in [1.165, 1.54) is 16.2 Å². The third-order valence-corrected chi connectivity index (χ3v) is 7.14. The first-order valence-electron chi connectivity index (χ1n) is 14.0. The Balaban J connectivity index is 1.50. The molecule has 0 saturated carbocycles. The van der Waals surface area contributed by atoms with Crippen molar-refractivity contribution in [1.29, 1.82) is 5.26 Å². The number of nitriles is 1. The lowest BCUT2D eigenvalue weighted by atomic mass is 10.1. The Bertz CT molecular complexity index is 1950. The maximum atomic E-state index is 13.9. The van der Waals surface area contributed by atoms with Gasteiger partial charge in [0.15, 0.2) is 11.2 Å². The molecular weight excluding hydrogens is 562 g/mol. The van der Waals surface area contributed by atoms with E-state index in [1.807, 2.05) is 30.1 Å². The summed E-state index contributed by atoms with van der Waals surface area (Å²) in [6, 6.07) is 21.7. The Morgan fingerprint density at radius 2 is 1.77 bits per heavy atom. The predicted octanol–water partition coefficient (Wildman–Crippen LogP) is 2.96. The molecule has 0 bridgehead atoms. The first-order valence-corrected chi connectivity index (χ1v) is 14.0. The fourth-order valence-corrected chi connectivity index (χ4v) is 4.85. The monoisotopic (exact) mass is 593 g/mol. The fraction of sp³-hybridized carbons (Fsp3) is 0.250. The Morgan fingerprint density at radius 1 is 1.02 bits per heavy atom. The van der Waals surface area contributed by atoms with Gasteiger partial charge in [0.25, 0.3) is 5.56 Å². The smallest absolute Gasteiger partial charge is 0.332 e. The van der Waals surface area contributed by atoms with Crippen LogP contribution < -0.4 is 20.9 Å². The van der Waals surface area contributed by atoms with Crippen LogP contribution in [0.25, 0.3) is 22.6 Å². The van der Waals surface area contributed by atoms with Gasteiger partial charge in [0, 0.05) is 25.9 Å². The van der Waals surface area contributed by atoms with Crippen LogP contribution in [0, 0.1) is 11.3 Å². The largest absolute Gasteiger partial charge is 0.492 e. The molecule has 0 aliphatic heterocycles. The molecule has 5 rings (SSSR count). The predicted molar refractivity (Wildman–Crippen MR) is 165 cm³/mol. The molecule has 224 valence electrons. The zero-order chi connectivity index (χ0) is 31.2. The Labute approximate surface area is 253 Å². The number of imidazole rings is 1. The molecule has 0 aliphatic rings. The van der Waals surface area contributed by atoms with Gasteiger partial charge in [-0.2, -0.15) is 5.26 Å². The number of aryl methyl sites for hydroxylation is 1. The number of rotatable bonds is 11. The van der Waals surface area contributed by atoms with Crippen molar-refractivity contribution in [2.24, 2.45) is 7.05 Å². The number of anilines is 1. The molecule has 2 aromatic carbocycles. The van der Waals surface area contributed by atoms with Crippen molar-refractivity contribution in [3.8, 4) is 23.2 Å². The summed E-state index contributed by atoms with van der Waals surface area (Å²) in [6.45, 7) is 2.49. The van der Waals surface area contributed by atoms with Gasteiger partial charge in [-0.3, -0.25) is 18.7 Å². The number of esters is 1. The van der Waals surface area contributed by atoms with Crippen LogP contribution in [0.1, 0.15) is 18.1 Å². The van der Waals surface area contributed by atoms with Crippen LogP contribution in [0.4, 0.5) is 5.82 Å². The van der Waals surface area contributed by atoms with Crippen molar-refractivity contribution < 1.29 is 14.3 Å². The van der Waals surface area contributed by atoms with Crippen LogP contribution in [-0.2, 0) is 29.7 Å². The number of carbonyl (C=O) groups excluding carboxylic acids is 1. The van der Waals surface area contributed by atoms with Gasteiger partial charge in [0.2, 0.25) is 0 Å². The molecule has 0 fully saturated rings. The molecule has 0 radical (unpaired) electrons. The zero-order valence-electron chi connectivity index (χ0n) is 24.6. The normalized spacial score (nSPS) is 10.9. The summed E-state index contributed by atoms with van der Waals surface area (Å²) in [6.07, 6.45) is 1.74. The van der Waals surface area contributed by atoms with Gasteiger partial charge in [-0.25, -0.2) is 14.8 Å². The summed E-state index contributed by atoms with van der Waals surface area (Å²) >= 11 is 0. The molecule has 44 heavy (non-hydrogen) atoms. The fourth-order valence-electron chi connectivity index (χ4n) is 4.85. The molecular formula is C32H31N7O5. The topological polar surface area (TPSA) is 137 Å². The van der Waals surface area contributed by atoms with E-state index in [0.29, 0.717) is 41.4 Å². The van der Waals surface area contributed by atoms with Crippen LogP contribution in [0.5, 0.6) is 5.75 Å². The SMILES string of the molecule is CCOC(=O)Cn1c(-c2ccc(OCCN(C)c3ccccn3)cc2)nc2c1c(=O)n(Cc1ccccc1C#N)c(=O)n2C. The van der Waals surface area contributed by atoms with Crippen molar-refractivity contribution in [1.82, 2.24) is 23.7 Å². The van der Waals surface area contributed by atoms with E-state index in [0.717, 1.165) is 10.4 Å². The summed E-state index contributed by atoms with van der Waals surface area (Å²) in [5, 5.41) is 9.52. The van der Waals surface area contributed by atoms with Gasteiger partial charge < -0.3 is 18.9 Å². The first-order chi connectivity index (χ1) is 21.3. The number of aromatic nitrogens is 5. The maximum Gasteiger partial charge on any atom is 0.332 e. The highest BCUT2D eigenvalue weighted by atomic mass is 16.5. The second kappa shape index (κ2) is 13.1. The Morgan fingerprint density at radius 3 is 2.48 bits per heavy atom. The number of hydrogen-bond donors (Lipinski definition) is 0. The molecule has 0 atom stereocenters. The number of carbonyl (C=O) groups is 1. The van der Waals surface area contributed by atoms with E-state index < -0.39 is 17.2 Å². The lowest BCUT2D eigenvalue weighted by Crippen LogP contribution is -2.40. The van der Waals surface area contributed by atoms with Crippen LogP contribution in [0.3, 0.4) is 0 Å². The number of nitrogens with zero attached hydrogens (tertiary/aromatic N) is 7. The van der Waals surface area contributed by atoms with Crippen molar-refractivity contribution in [3.63, 3.8) is 0 Å². The van der Waals surface area contributed by atoms with Gasteiger partial charge in [0.1, 0.15) is 30.5 Å². The van der Waals surface area contributed by atoms with Crippen LogP contribution >= 0.6 is 0 Å². The number of ether oxygens (including phenoxy) is 2. The first kappa shape index (κ1) is 29.8. The molecule has 0 spiro atoms. The standard InChI is InChI=1S/C32H31N7O5/c1-4-43-27(40)21-38-28-30(37(3)32(42)39(31(28)41)20-24-10-6-5-9-23(24)19-33)35-29(38)22-12-14-25(15-13-22)44-18-17-36(2)26-11-7-8-16-34-26/h5-16H,4,17-18,20-21H2,1-3H3. The number of likely N-dealkylation sites (N-methyl/N-ethyl adjacent to an activating group) is 1. The molecule has 12 heteroatoms. The second-order valence-electron chi connectivity index (χ2n) is 9.98. The highest BCUT2D eigenvalue weighted by Crippen LogP contribution is 2.25. The second-order valence-corrected chi connectivity index (χ2v) is 9.98. The number of fused-ring (bicyclic) bond motifs is 1. The van der Waals surface area contributed by atoms with E-state index >= 15 is 0 Å². The quantitative estimate of drug-likeness (QED) is 0.212. The van der Waals surface area contributed by atoms with Gasteiger partial charge in [-0.1, -0.05) is 24.3 Å². The Kier molecular flexibility index (Phi) is 8.85. The minimum absolute atomic E-state index is 0.0717. The average molecular weight is 594 g/mol. The van der Waals surface area contributed by atoms with E-state index in [1.54, 1.807) is 61.7 Å². The number of hydrogen-bond acceptors (Lipinski definition) is 9. The summed E-state index contributed by atoms with van der Waals surface area (Å²) in [4.78, 5) is 50.9. The lowest BCUT2D eigenvalue weighted by molar-refractivity contribution is -0.143. The minimum Gasteiger partial charge on any atom is -0.492 e. The van der Waals surface area contributed by atoms with E-state index in [4.69, 9.17) is 9.47 Å². The minimum atomic E-state index is -0.629. The zero-order valence-corrected chi connectivity index (χ0v) is 24.6. The summed E-state index contributed by atoms with van der Waals surface area (Å²) < 4.78 is 14.9. The molecule has 0 unspecified atom stereocenters. The molecule has 0 saturated heterocycles. The summed E-state index contributed by atoms with van der Waals surface area (Å²) in [7, 11) is 3.45. The van der Waals surface area contributed by atoms with E-state index in [2.05, 4.69) is 16.0 Å². The molecule has 12 nitrogen and oxygen atoms in total. The van der Waals surface area contributed by atoms with Crippen LogP contribution in [0.2, 0.25) is 0 Å². The van der Waals surface area contributed by atoms with Gasteiger partial charge >= 0.3 is 11.7 Å². The highest BCUT2D eigenvalue weighted by Gasteiger charge is 2.23. The van der Waals surface area contributed by atoms with Crippen LogP contribution in [0.15, 0.2) is 82.5 Å². The van der Waals surface area contributed by atoms with Crippen molar-refractivity contribution in [2.75, 3.05) is 31.7 Å². The maximum absolute atomic E-state index is 13.9. The van der Waals surface area contributed by atoms with E-state index in [9.17, 15) is 19.6 Å². The molecule has 5 aromatic rings. The van der Waals surface area contributed by atoms with E-state index in [-0.39, 0.29) is 30.9 Å². The van der Waals surface area contributed by atoms with Crippen molar-refractivity contribution in [2.45, 2.75) is 20.0 Å². The molecule has 0 amide bonds. The molecule has 3 heterocycles. The summed E-state index contributed by atoms with van der Waals surface area (Å²) in [5.41, 5.74) is 0.457. The lowest BCUT2D eigenvalue weighted by Gasteiger charge is -2.18. The van der Waals surface area contributed by atoms with Gasteiger partial charge in [-0.15, -0.1) is 0 Å². The Hall–Kier alpha value is -5.70. The van der Waals surface area contributed by atoms with Crippen LogP contribution in [-0.4, -0.2) is 56.4 Å². The van der Waals surface area contributed by atoms with Gasteiger partial charge in [0.05, 0.1) is 31.3 Å².